The predicted octanol–water partition coefficient (Wildman–Crippen LogP) is 3.43. The number of ether oxygens (including phenoxy) is 2. The number of rotatable bonds is 6. The highest BCUT2D eigenvalue weighted by Crippen LogP contribution is 2.22. The quantitative estimate of drug-likeness (QED) is 0.875. The lowest BCUT2D eigenvalue weighted by Crippen LogP contribution is -2.03. The molecule has 1 atom stereocenters. The Morgan fingerprint density at radius 2 is 1.85 bits per heavy atom. The first-order chi connectivity index (χ1) is 9.74. The van der Waals surface area contributed by atoms with Crippen LogP contribution in [0.3, 0.4) is 0 Å². The molecule has 0 heterocycles. The third kappa shape index (κ3) is 3.59. The van der Waals surface area contributed by atoms with Gasteiger partial charge in [0, 0.05) is 12.1 Å². The van der Waals surface area contributed by atoms with Crippen molar-refractivity contribution in [3.8, 4) is 5.75 Å². The van der Waals surface area contributed by atoms with Crippen molar-refractivity contribution in [1.29, 1.82) is 0 Å². The van der Waals surface area contributed by atoms with E-state index in [2.05, 4.69) is 19.1 Å². The highest BCUT2D eigenvalue weighted by Gasteiger charge is 2.07. The van der Waals surface area contributed by atoms with Crippen molar-refractivity contribution in [2.75, 3.05) is 7.11 Å². The zero-order chi connectivity index (χ0) is 14.4. The Morgan fingerprint density at radius 3 is 2.50 bits per heavy atom. The van der Waals surface area contributed by atoms with Crippen LogP contribution in [0.5, 0.6) is 5.75 Å². The van der Waals surface area contributed by atoms with Gasteiger partial charge in [0.2, 0.25) is 0 Å². The molecule has 2 aromatic rings. The van der Waals surface area contributed by atoms with Gasteiger partial charge in [0.15, 0.2) is 0 Å². The van der Waals surface area contributed by atoms with E-state index in [1.807, 2.05) is 36.4 Å². The number of nitrogens with two attached hydrogens (primary N) is 1. The largest absolute Gasteiger partial charge is 0.496 e. The average Bonchev–Trinajstić information content (AvgIpc) is 2.53. The van der Waals surface area contributed by atoms with Crippen molar-refractivity contribution in [3.63, 3.8) is 0 Å². The van der Waals surface area contributed by atoms with Crippen LogP contribution in [0.2, 0.25) is 0 Å². The molecule has 0 saturated carbocycles. The topological polar surface area (TPSA) is 44.5 Å². The highest BCUT2D eigenvalue weighted by molar-refractivity contribution is 5.37. The molecule has 0 spiro atoms. The molecule has 1 unspecified atom stereocenters. The van der Waals surface area contributed by atoms with E-state index in [1.165, 1.54) is 5.56 Å². The smallest absolute Gasteiger partial charge is 0.123 e. The monoisotopic (exact) mass is 271 g/mol. The SMILES string of the molecule is COc1ccc(COC(C)c2ccccc2)cc1CN. The lowest BCUT2D eigenvalue weighted by Gasteiger charge is -2.14. The average molecular weight is 271 g/mol. The van der Waals surface area contributed by atoms with Crippen molar-refractivity contribution in [1.82, 2.24) is 0 Å². The number of methoxy groups -OCH3 is 1. The lowest BCUT2D eigenvalue weighted by molar-refractivity contribution is 0.0525. The van der Waals surface area contributed by atoms with E-state index in [4.69, 9.17) is 15.2 Å². The minimum Gasteiger partial charge on any atom is -0.496 e. The molecular formula is C17H21NO2. The summed E-state index contributed by atoms with van der Waals surface area (Å²) in [6, 6.07) is 16.2. The number of benzene rings is 2. The summed E-state index contributed by atoms with van der Waals surface area (Å²) in [6.07, 6.45) is 0.0691. The Morgan fingerprint density at radius 1 is 1.10 bits per heavy atom. The van der Waals surface area contributed by atoms with Crippen LogP contribution in [0.4, 0.5) is 0 Å². The molecule has 0 amide bonds. The minimum absolute atomic E-state index is 0.0691. The number of hydrogen-bond donors (Lipinski definition) is 1. The van der Waals surface area contributed by atoms with Gasteiger partial charge in [-0.25, -0.2) is 0 Å². The second-order valence-electron chi connectivity index (χ2n) is 4.71. The summed E-state index contributed by atoms with van der Waals surface area (Å²) in [5, 5.41) is 0. The summed E-state index contributed by atoms with van der Waals surface area (Å²) < 4.78 is 11.2. The molecule has 0 aliphatic rings. The minimum atomic E-state index is 0.0691. The highest BCUT2D eigenvalue weighted by atomic mass is 16.5. The van der Waals surface area contributed by atoms with E-state index in [-0.39, 0.29) is 6.10 Å². The van der Waals surface area contributed by atoms with Gasteiger partial charge in [-0.05, 0) is 30.2 Å². The van der Waals surface area contributed by atoms with E-state index in [9.17, 15) is 0 Å². The maximum absolute atomic E-state index is 5.91. The van der Waals surface area contributed by atoms with E-state index < -0.39 is 0 Å². The molecule has 2 rings (SSSR count). The molecule has 20 heavy (non-hydrogen) atoms. The van der Waals surface area contributed by atoms with Gasteiger partial charge in [-0.15, -0.1) is 0 Å². The Bertz CT molecular complexity index is 540. The third-order valence-electron chi connectivity index (χ3n) is 3.33. The maximum atomic E-state index is 5.91. The second-order valence-corrected chi connectivity index (χ2v) is 4.71. The first-order valence-corrected chi connectivity index (χ1v) is 6.77. The molecule has 0 saturated heterocycles. The van der Waals surface area contributed by atoms with Gasteiger partial charge in [0.25, 0.3) is 0 Å². The van der Waals surface area contributed by atoms with Gasteiger partial charge in [-0.3, -0.25) is 0 Å². The van der Waals surface area contributed by atoms with Crippen LogP contribution in [0, 0.1) is 0 Å². The van der Waals surface area contributed by atoms with Gasteiger partial charge >= 0.3 is 0 Å². The molecule has 0 radical (unpaired) electrons. The number of hydrogen-bond acceptors (Lipinski definition) is 3. The molecule has 106 valence electrons. The Hall–Kier alpha value is -1.84. The second kappa shape index (κ2) is 7.08. The van der Waals surface area contributed by atoms with Gasteiger partial charge in [-0.1, -0.05) is 36.4 Å². The van der Waals surface area contributed by atoms with Gasteiger partial charge in [0.1, 0.15) is 5.75 Å². The molecule has 0 bridgehead atoms. The van der Waals surface area contributed by atoms with Crippen molar-refractivity contribution in [3.05, 3.63) is 65.2 Å². The molecule has 0 aliphatic carbocycles. The predicted molar refractivity (Wildman–Crippen MR) is 80.5 cm³/mol. The molecule has 3 heteroatoms. The standard InChI is InChI=1S/C17H21NO2/c1-13(15-6-4-3-5-7-15)20-12-14-8-9-17(19-2)16(10-14)11-18/h3-10,13H,11-12,18H2,1-2H3. The van der Waals surface area contributed by atoms with Crippen LogP contribution >= 0.6 is 0 Å². The summed E-state index contributed by atoms with van der Waals surface area (Å²) in [6.45, 7) is 3.08. The molecule has 0 aliphatic heterocycles. The van der Waals surface area contributed by atoms with Crippen LogP contribution < -0.4 is 10.5 Å². The van der Waals surface area contributed by atoms with Crippen molar-refractivity contribution >= 4 is 0 Å². The van der Waals surface area contributed by atoms with Crippen LogP contribution in [-0.2, 0) is 17.9 Å². The van der Waals surface area contributed by atoms with Crippen molar-refractivity contribution in [2.45, 2.75) is 26.2 Å². The molecule has 3 nitrogen and oxygen atoms in total. The fourth-order valence-electron chi connectivity index (χ4n) is 2.12. The van der Waals surface area contributed by atoms with Crippen LogP contribution in [0.1, 0.15) is 29.7 Å². The molecule has 0 aromatic heterocycles. The van der Waals surface area contributed by atoms with Gasteiger partial charge < -0.3 is 15.2 Å². The van der Waals surface area contributed by atoms with Crippen LogP contribution in [-0.4, -0.2) is 7.11 Å². The van der Waals surface area contributed by atoms with Crippen LogP contribution in [0.25, 0.3) is 0 Å². The molecular weight excluding hydrogens is 250 g/mol. The first-order valence-electron chi connectivity index (χ1n) is 6.77. The summed E-state index contributed by atoms with van der Waals surface area (Å²) in [4.78, 5) is 0. The zero-order valence-electron chi connectivity index (χ0n) is 12.0. The van der Waals surface area contributed by atoms with Crippen LogP contribution in [0.15, 0.2) is 48.5 Å². The summed E-state index contributed by atoms with van der Waals surface area (Å²) in [5.74, 6) is 0.826. The normalized spacial score (nSPS) is 12.2. The Kier molecular flexibility index (Phi) is 5.16. The fraction of sp³-hybridized carbons (Fsp3) is 0.294. The maximum Gasteiger partial charge on any atom is 0.123 e. The van der Waals surface area contributed by atoms with E-state index in [0.29, 0.717) is 13.2 Å². The summed E-state index contributed by atoms with van der Waals surface area (Å²) in [7, 11) is 1.65. The molecule has 2 N–H and O–H groups in total. The van der Waals surface area contributed by atoms with E-state index in [1.54, 1.807) is 7.11 Å². The van der Waals surface area contributed by atoms with Gasteiger partial charge in [-0.2, -0.15) is 0 Å². The summed E-state index contributed by atoms with van der Waals surface area (Å²) >= 11 is 0. The molecule has 2 aromatic carbocycles. The lowest BCUT2D eigenvalue weighted by atomic mass is 10.1. The zero-order valence-corrected chi connectivity index (χ0v) is 12.0. The fourth-order valence-corrected chi connectivity index (χ4v) is 2.12. The first kappa shape index (κ1) is 14.6. The van der Waals surface area contributed by atoms with E-state index in [0.717, 1.165) is 16.9 Å². The Labute approximate surface area is 120 Å². The van der Waals surface area contributed by atoms with Gasteiger partial charge in [0.05, 0.1) is 19.8 Å². The van der Waals surface area contributed by atoms with E-state index >= 15 is 0 Å². The third-order valence-corrected chi connectivity index (χ3v) is 3.33. The molecule has 0 fully saturated rings. The van der Waals surface area contributed by atoms with Crippen molar-refractivity contribution < 1.29 is 9.47 Å². The van der Waals surface area contributed by atoms with Crippen molar-refractivity contribution in [2.24, 2.45) is 5.73 Å². The Balaban J connectivity index is 2.00. The summed E-state index contributed by atoms with van der Waals surface area (Å²) in [5.41, 5.74) is 9.01.